The summed E-state index contributed by atoms with van der Waals surface area (Å²) in [5, 5.41) is 3.87. The highest BCUT2D eigenvalue weighted by Gasteiger charge is 2.10. The van der Waals surface area contributed by atoms with Gasteiger partial charge in [0.15, 0.2) is 0 Å². The van der Waals surface area contributed by atoms with Gasteiger partial charge in [0.1, 0.15) is 5.75 Å². The van der Waals surface area contributed by atoms with Gasteiger partial charge < -0.3 is 10.1 Å². The summed E-state index contributed by atoms with van der Waals surface area (Å²) in [6, 6.07) is 7.45. The quantitative estimate of drug-likeness (QED) is 0.682. The second-order valence-electron chi connectivity index (χ2n) is 6.22. The van der Waals surface area contributed by atoms with E-state index in [1.807, 2.05) is 31.2 Å². The fraction of sp³-hybridized carbons (Fsp3) is 0.500. The number of aromatic nitrogens is 1. The standard InChI is InChI=1S/C20H28N2O2/c1-4-5-6-7-8-9-12-21-20(23)16-10-11-18-17(14-16)19(24-3)13-15(2)22-18/h10-11,13-14H,4-9,12H2,1-3H3,(H,21,23). The molecule has 0 aliphatic heterocycles. The lowest BCUT2D eigenvalue weighted by Crippen LogP contribution is -2.24. The number of hydrogen-bond acceptors (Lipinski definition) is 3. The zero-order valence-corrected chi connectivity index (χ0v) is 15.0. The number of nitrogens with one attached hydrogen (secondary N) is 1. The van der Waals surface area contributed by atoms with Crippen molar-refractivity contribution in [3.63, 3.8) is 0 Å². The van der Waals surface area contributed by atoms with Crippen LogP contribution in [-0.4, -0.2) is 24.5 Å². The summed E-state index contributed by atoms with van der Waals surface area (Å²) in [6.07, 6.45) is 7.32. The molecule has 0 unspecified atom stereocenters. The Morgan fingerprint density at radius 2 is 1.88 bits per heavy atom. The number of benzene rings is 1. The number of carbonyl (C=O) groups excluding carboxylic acids is 1. The van der Waals surface area contributed by atoms with Crippen LogP contribution in [0.2, 0.25) is 0 Å². The van der Waals surface area contributed by atoms with Gasteiger partial charge in [-0.25, -0.2) is 0 Å². The third kappa shape index (κ3) is 4.95. The van der Waals surface area contributed by atoms with E-state index in [0.717, 1.165) is 35.3 Å². The van der Waals surface area contributed by atoms with Crippen molar-refractivity contribution < 1.29 is 9.53 Å². The highest BCUT2D eigenvalue weighted by atomic mass is 16.5. The molecule has 4 heteroatoms. The second-order valence-corrected chi connectivity index (χ2v) is 6.22. The van der Waals surface area contributed by atoms with Crippen molar-refractivity contribution in [1.82, 2.24) is 10.3 Å². The molecule has 1 amide bonds. The average Bonchev–Trinajstić information content (AvgIpc) is 2.59. The van der Waals surface area contributed by atoms with Crippen molar-refractivity contribution in [1.29, 1.82) is 0 Å². The minimum absolute atomic E-state index is 0.0342. The zero-order chi connectivity index (χ0) is 17.4. The van der Waals surface area contributed by atoms with E-state index >= 15 is 0 Å². The lowest BCUT2D eigenvalue weighted by atomic mass is 10.1. The largest absolute Gasteiger partial charge is 0.496 e. The number of rotatable bonds is 9. The fourth-order valence-corrected chi connectivity index (χ4v) is 2.84. The molecule has 1 heterocycles. The smallest absolute Gasteiger partial charge is 0.251 e. The van der Waals surface area contributed by atoms with Crippen LogP contribution in [0.25, 0.3) is 10.9 Å². The number of hydrogen-bond donors (Lipinski definition) is 1. The van der Waals surface area contributed by atoms with Crippen LogP contribution in [0.5, 0.6) is 5.75 Å². The Hall–Kier alpha value is -2.10. The first-order valence-electron chi connectivity index (χ1n) is 8.89. The van der Waals surface area contributed by atoms with E-state index in [1.165, 1.54) is 32.1 Å². The van der Waals surface area contributed by atoms with E-state index < -0.39 is 0 Å². The first-order valence-corrected chi connectivity index (χ1v) is 8.89. The zero-order valence-electron chi connectivity index (χ0n) is 15.0. The van der Waals surface area contributed by atoms with E-state index in [4.69, 9.17) is 4.74 Å². The number of unbranched alkanes of at least 4 members (excludes halogenated alkanes) is 5. The monoisotopic (exact) mass is 328 g/mol. The van der Waals surface area contributed by atoms with Crippen LogP contribution >= 0.6 is 0 Å². The number of methoxy groups -OCH3 is 1. The molecule has 2 aromatic rings. The molecule has 130 valence electrons. The number of pyridine rings is 1. The molecule has 0 spiro atoms. The molecule has 0 aliphatic carbocycles. The molecule has 0 fully saturated rings. The van der Waals surface area contributed by atoms with Gasteiger partial charge in [0.2, 0.25) is 0 Å². The predicted molar refractivity (Wildman–Crippen MR) is 98.7 cm³/mol. The van der Waals surface area contributed by atoms with Crippen LogP contribution in [0, 0.1) is 6.92 Å². The summed E-state index contributed by atoms with van der Waals surface area (Å²) in [4.78, 5) is 16.8. The van der Waals surface area contributed by atoms with Crippen molar-refractivity contribution in [2.45, 2.75) is 52.4 Å². The van der Waals surface area contributed by atoms with E-state index in [9.17, 15) is 4.79 Å². The Bertz CT molecular complexity index is 683. The van der Waals surface area contributed by atoms with Gasteiger partial charge in [0, 0.05) is 29.3 Å². The molecular formula is C20H28N2O2. The summed E-state index contributed by atoms with van der Waals surface area (Å²) in [5.74, 6) is 0.719. The average molecular weight is 328 g/mol. The minimum atomic E-state index is -0.0342. The topological polar surface area (TPSA) is 51.2 Å². The SMILES string of the molecule is CCCCCCCCNC(=O)c1ccc2nc(C)cc(OC)c2c1. The molecule has 2 rings (SSSR count). The van der Waals surface area contributed by atoms with E-state index in [-0.39, 0.29) is 5.91 Å². The first kappa shape index (κ1) is 18.2. The highest BCUT2D eigenvalue weighted by Crippen LogP contribution is 2.26. The van der Waals surface area contributed by atoms with Gasteiger partial charge in [-0.1, -0.05) is 39.0 Å². The molecule has 0 bridgehead atoms. The molecule has 0 saturated heterocycles. The Kier molecular flexibility index (Phi) is 7.04. The van der Waals surface area contributed by atoms with Crippen LogP contribution in [0.15, 0.2) is 24.3 Å². The summed E-state index contributed by atoms with van der Waals surface area (Å²) in [6.45, 7) is 4.88. The van der Waals surface area contributed by atoms with Gasteiger partial charge in [0.05, 0.1) is 12.6 Å². The molecule has 0 saturated carbocycles. The highest BCUT2D eigenvalue weighted by molar-refractivity contribution is 5.99. The Morgan fingerprint density at radius 3 is 2.62 bits per heavy atom. The maximum absolute atomic E-state index is 12.3. The van der Waals surface area contributed by atoms with Crippen LogP contribution in [0.3, 0.4) is 0 Å². The minimum Gasteiger partial charge on any atom is -0.496 e. The fourth-order valence-electron chi connectivity index (χ4n) is 2.84. The lowest BCUT2D eigenvalue weighted by Gasteiger charge is -2.09. The van der Waals surface area contributed by atoms with Gasteiger partial charge in [-0.3, -0.25) is 9.78 Å². The third-order valence-corrected chi connectivity index (χ3v) is 4.20. The maximum Gasteiger partial charge on any atom is 0.251 e. The molecular weight excluding hydrogens is 300 g/mol. The number of fused-ring (bicyclic) bond motifs is 1. The Morgan fingerprint density at radius 1 is 1.12 bits per heavy atom. The van der Waals surface area contributed by atoms with Crippen molar-refractivity contribution in [3.05, 3.63) is 35.5 Å². The number of carbonyl (C=O) groups is 1. The molecule has 0 radical (unpaired) electrons. The molecule has 0 atom stereocenters. The first-order chi connectivity index (χ1) is 11.7. The van der Waals surface area contributed by atoms with Gasteiger partial charge >= 0.3 is 0 Å². The van der Waals surface area contributed by atoms with Gasteiger partial charge in [0.25, 0.3) is 5.91 Å². The van der Waals surface area contributed by atoms with Gasteiger partial charge in [-0.05, 0) is 31.5 Å². The van der Waals surface area contributed by atoms with Crippen molar-refractivity contribution >= 4 is 16.8 Å². The summed E-state index contributed by atoms with van der Waals surface area (Å²) in [7, 11) is 1.64. The third-order valence-electron chi connectivity index (χ3n) is 4.20. The second kappa shape index (κ2) is 9.26. The number of nitrogens with zero attached hydrogens (tertiary/aromatic N) is 1. The summed E-state index contributed by atoms with van der Waals surface area (Å²) < 4.78 is 5.42. The van der Waals surface area contributed by atoms with E-state index in [2.05, 4.69) is 17.2 Å². The van der Waals surface area contributed by atoms with Crippen LogP contribution in [0.4, 0.5) is 0 Å². The summed E-state index contributed by atoms with van der Waals surface area (Å²) >= 11 is 0. The van der Waals surface area contributed by atoms with Crippen LogP contribution in [-0.2, 0) is 0 Å². The molecule has 0 aliphatic rings. The van der Waals surface area contributed by atoms with Crippen molar-refractivity contribution in [2.75, 3.05) is 13.7 Å². The number of amides is 1. The predicted octanol–water partition coefficient (Wildman–Crippen LogP) is 4.64. The van der Waals surface area contributed by atoms with Crippen molar-refractivity contribution in [2.24, 2.45) is 0 Å². The lowest BCUT2D eigenvalue weighted by molar-refractivity contribution is 0.0953. The van der Waals surface area contributed by atoms with E-state index in [1.54, 1.807) is 7.11 Å². The van der Waals surface area contributed by atoms with E-state index in [0.29, 0.717) is 5.56 Å². The number of ether oxygens (including phenoxy) is 1. The van der Waals surface area contributed by atoms with Gasteiger partial charge in [-0.15, -0.1) is 0 Å². The van der Waals surface area contributed by atoms with Crippen molar-refractivity contribution in [3.8, 4) is 5.75 Å². The molecule has 24 heavy (non-hydrogen) atoms. The Labute approximate surface area is 144 Å². The molecule has 4 nitrogen and oxygen atoms in total. The van der Waals surface area contributed by atoms with Gasteiger partial charge in [-0.2, -0.15) is 0 Å². The summed E-state index contributed by atoms with van der Waals surface area (Å²) in [5.41, 5.74) is 2.40. The molecule has 1 N–H and O–H groups in total. The van der Waals surface area contributed by atoms with Crippen LogP contribution in [0.1, 0.15) is 61.5 Å². The van der Waals surface area contributed by atoms with Crippen LogP contribution < -0.4 is 10.1 Å². The maximum atomic E-state index is 12.3. The normalized spacial score (nSPS) is 10.8. The molecule has 1 aromatic carbocycles. The Balaban J connectivity index is 1.94. The number of aryl methyl sites for hydroxylation is 1. The molecule has 1 aromatic heterocycles.